The number of rotatable bonds is 5. The van der Waals surface area contributed by atoms with E-state index in [0.717, 1.165) is 21.3 Å². The fourth-order valence-electron chi connectivity index (χ4n) is 1.98. The molecule has 0 saturated heterocycles. The number of benzene rings is 2. The molecule has 0 atom stereocenters. The number of hydrogen-bond acceptors (Lipinski definition) is 3. The molecule has 2 N–H and O–H groups in total. The molecule has 106 valence electrons. The van der Waals surface area contributed by atoms with Gasteiger partial charge in [-0.1, -0.05) is 24.3 Å². The fourth-order valence-corrected chi connectivity index (χ4v) is 2.50. The Kier molecular flexibility index (Phi) is 4.96. The molecule has 0 bridgehead atoms. The average molecular weight is 345 g/mol. The maximum absolute atomic E-state index is 10.9. The van der Waals surface area contributed by atoms with Gasteiger partial charge in [0.1, 0.15) is 0 Å². The molecular weight excluding hydrogens is 332 g/mol. The van der Waals surface area contributed by atoms with Gasteiger partial charge in [0.05, 0.1) is 18.1 Å². The summed E-state index contributed by atoms with van der Waals surface area (Å²) < 4.78 is 0.803. The number of hydrogen-bond donors (Lipinski definition) is 2. The van der Waals surface area contributed by atoms with Crippen LogP contribution in [0.25, 0.3) is 0 Å². The van der Waals surface area contributed by atoms with Crippen LogP contribution in [0.1, 0.15) is 16.7 Å². The van der Waals surface area contributed by atoms with Crippen molar-refractivity contribution in [1.29, 1.82) is 5.26 Å². The van der Waals surface area contributed by atoms with Gasteiger partial charge in [0.15, 0.2) is 0 Å². The number of anilines is 1. The lowest BCUT2D eigenvalue weighted by molar-refractivity contribution is -0.136. The van der Waals surface area contributed by atoms with E-state index in [2.05, 4.69) is 27.3 Å². The zero-order valence-electron chi connectivity index (χ0n) is 11.1. The Labute approximate surface area is 131 Å². The Morgan fingerprint density at radius 2 is 1.95 bits per heavy atom. The molecule has 0 spiro atoms. The van der Waals surface area contributed by atoms with E-state index in [-0.39, 0.29) is 6.42 Å². The van der Waals surface area contributed by atoms with E-state index in [4.69, 9.17) is 10.4 Å². The number of nitrogens with one attached hydrogen (secondary N) is 1. The van der Waals surface area contributed by atoms with Crippen LogP contribution < -0.4 is 5.32 Å². The third-order valence-electron chi connectivity index (χ3n) is 3.03. The van der Waals surface area contributed by atoms with Crippen LogP contribution in [0.15, 0.2) is 46.9 Å². The molecule has 0 fully saturated rings. The first-order valence-corrected chi connectivity index (χ1v) is 7.11. The zero-order chi connectivity index (χ0) is 15.2. The molecule has 2 aromatic rings. The van der Waals surface area contributed by atoms with Crippen molar-refractivity contribution in [3.8, 4) is 6.07 Å². The SMILES string of the molecule is N#Cc1ccc(NCc2ccccc2CC(=O)O)c(Br)c1. The summed E-state index contributed by atoms with van der Waals surface area (Å²) in [5.41, 5.74) is 3.18. The molecular formula is C16H13BrN2O2. The van der Waals surface area contributed by atoms with E-state index in [1.807, 2.05) is 30.3 Å². The summed E-state index contributed by atoms with van der Waals surface area (Å²) in [4.78, 5) is 10.9. The van der Waals surface area contributed by atoms with Crippen LogP contribution in [-0.4, -0.2) is 11.1 Å². The highest BCUT2D eigenvalue weighted by Crippen LogP contribution is 2.24. The summed E-state index contributed by atoms with van der Waals surface area (Å²) in [6.07, 6.45) is 0.00634. The molecule has 2 aromatic carbocycles. The van der Waals surface area contributed by atoms with Crippen LogP contribution in [-0.2, 0) is 17.8 Å². The molecule has 5 heteroatoms. The van der Waals surface area contributed by atoms with Crippen molar-refractivity contribution >= 4 is 27.6 Å². The lowest BCUT2D eigenvalue weighted by Gasteiger charge is -2.11. The van der Waals surface area contributed by atoms with Crippen LogP contribution in [0.3, 0.4) is 0 Å². The van der Waals surface area contributed by atoms with E-state index in [9.17, 15) is 4.79 Å². The number of nitrogens with zero attached hydrogens (tertiary/aromatic N) is 1. The Balaban J connectivity index is 2.13. The van der Waals surface area contributed by atoms with E-state index in [0.29, 0.717) is 12.1 Å². The van der Waals surface area contributed by atoms with Crippen molar-refractivity contribution in [2.75, 3.05) is 5.32 Å². The molecule has 0 aromatic heterocycles. The van der Waals surface area contributed by atoms with Crippen LogP contribution in [0, 0.1) is 11.3 Å². The topological polar surface area (TPSA) is 73.1 Å². The maximum atomic E-state index is 10.9. The number of carbonyl (C=O) groups is 1. The van der Waals surface area contributed by atoms with E-state index >= 15 is 0 Å². The highest BCUT2D eigenvalue weighted by atomic mass is 79.9. The van der Waals surface area contributed by atoms with Gasteiger partial charge in [0, 0.05) is 16.7 Å². The summed E-state index contributed by atoms with van der Waals surface area (Å²) >= 11 is 3.41. The van der Waals surface area contributed by atoms with E-state index < -0.39 is 5.97 Å². The third-order valence-corrected chi connectivity index (χ3v) is 3.68. The number of carboxylic acid groups (broad SMARTS) is 1. The minimum absolute atomic E-state index is 0.00634. The van der Waals surface area contributed by atoms with Gasteiger partial charge < -0.3 is 10.4 Å². The molecule has 21 heavy (non-hydrogen) atoms. The second-order valence-electron chi connectivity index (χ2n) is 4.50. The van der Waals surface area contributed by atoms with E-state index in [1.165, 1.54) is 0 Å². The Morgan fingerprint density at radius 3 is 2.57 bits per heavy atom. The van der Waals surface area contributed by atoms with Gasteiger partial charge in [-0.15, -0.1) is 0 Å². The van der Waals surface area contributed by atoms with Gasteiger partial charge in [-0.3, -0.25) is 4.79 Å². The van der Waals surface area contributed by atoms with Crippen LogP contribution >= 0.6 is 15.9 Å². The highest BCUT2D eigenvalue weighted by Gasteiger charge is 2.07. The monoisotopic (exact) mass is 344 g/mol. The van der Waals surface area contributed by atoms with E-state index in [1.54, 1.807) is 12.1 Å². The largest absolute Gasteiger partial charge is 0.481 e. The molecule has 0 aliphatic rings. The average Bonchev–Trinajstić information content (AvgIpc) is 2.46. The van der Waals surface area contributed by atoms with Crippen LogP contribution in [0.4, 0.5) is 5.69 Å². The summed E-state index contributed by atoms with van der Waals surface area (Å²) in [5, 5.41) is 21.0. The quantitative estimate of drug-likeness (QED) is 0.869. The second kappa shape index (κ2) is 6.91. The molecule has 0 amide bonds. The first-order valence-electron chi connectivity index (χ1n) is 6.32. The molecule has 0 radical (unpaired) electrons. The number of halogens is 1. The summed E-state index contributed by atoms with van der Waals surface area (Å²) in [7, 11) is 0. The summed E-state index contributed by atoms with van der Waals surface area (Å²) in [5.74, 6) is -0.845. The Hall–Kier alpha value is -2.32. The minimum Gasteiger partial charge on any atom is -0.481 e. The maximum Gasteiger partial charge on any atom is 0.307 e. The Morgan fingerprint density at radius 1 is 1.24 bits per heavy atom. The Bertz CT molecular complexity index is 708. The van der Waals surface area contributed by atoms with Gasteiger partial charge in [-0.25, -0.2) is 0 Å². The van der Waals surface area contributed by atoms with Gasteiger partial charge in [-0.2, -0.15) is 5.26 Å². The molecule has 0 aliphatic carbocycles. The number of carboxylic acids is 1. The van der Waals surface area contributed by atoms with Crippen molar-refractivity contribution in [3.63, 3.8) is 0 Å². The highest BCUT2D eigenvalue weighted by molar-refractivity contribution is 9.10. The lowest BCUT2D eigenvalue weighted by Crippen LogP contribution is -2.07. The van der Waals surface area contributed by atoms with Crippen LogP contribution in [0.5, 0.6) is 0 Å². The fraction of sp³-hybridized carbons (Fsp3) is 0.125. The van der Waals surface area contributed by atoms with Gasteiger partial charge in [-0.05, 0) is 45.3 Å². The predicted octanol–water partition coefficient (Wildman–Crippen LogP) is 3.56. The van der Waals surface area contributed by atoms with Crippen molar-refractivity contribution in [1.82, 2.24) is 0 Å². The second-order valence-corrected chi connectivity index (χ2v) is 5.35. The number of aliphatic carboxylic acids is 1. The minimum atomic E-state index is -0.845. The smallest absolute Gasteiger partial charge is 0.307 e. The summed E-state index contributed by atoms with van der Waals surface area (Å²) in [6.45, 7) is 0.522. The lowest BCUT2D eigenvalue weighted by atomic mass is 10.0. The number of nitriles is 1. The first-order chi connectivity index (χ1) is 10.1. The predicted molar refractivity (Wildman–Crippen MR) is 84.0 cm³/mol. The molecule has 0 unspecified atom stereocenters. The molecule has 0 heterocycles. The molecule has 0 saturated carbocycles. The molecule has 2 rings (SSSR count). The van der Waals surface area contributed by atoms with Crippen molar-refractivity contribution < 1.29 is 9.90 Å². The van der Waals surface area contributed by atoms with Crippen LogP contribution in [0.2, 0.25) is 0 Å². The first kappa shape index (κ1) is 15.1. The van der Waals surface area contributed by atoms with Gasteiger partial charge >= 0.3 is 5.97 Å². The third kappa shape index (κ3) is 4.07. The zero-order valence-corrected chi connectivity index (χ0v) is 12.7. The van der Waals surface area contributed by atoms with Gasteiger partial charge in [0.25, 0.3) is 0 Å². The molecule has 4 nitrogen and oxygen atoms in total. The standard InChI is InChI=1S/C16H13BrN2O2/c17-14-7-11(9-18)5-6-15(14)19-10-13-4-2-1-3-12(13)8-16(20)21/h1-7,19H,8,10H2,(H,20,21). The summed E-state index contributed by atoms with van der Waals surface area (Å²) in [6, 6.07) is 14.8. The normalized spacial score (nSPS) is 9.90. The van der Waals surface area contributed by atoms with Gasteiger partial charge in [0.2, 0.25) is 0 Å². The molecule has 0 aliphatic heterocycles. The van der Waals surface area contributed by atoms with Crippen molar-refractivity contribution in [2.45, 2.75) is 13.0 Å². The van der Waals surface area contributed by atoms with Crippen molar-refractivity contribution in [3.05, 3.63) is 63.6 Å². The van der Waals surface area contributed by atoms with Crippen molar-refractivity contribution in [2.24, 2.45) is 0 Å².